The van der Waals surface area contributed by atoms with Crippen LogP contribution in [0.25, 0.3) is 0 Å². The molecule has 0 spiro atoms. The second kappa shape index (κ2) is 7.82. The predicted molar refractivity (Wildman–Crippen MR) is 107 cm³/mol. The summed E-state index contributed by atoms with van der Waals surface area (Å²) in [5.41, 5.74) is 2.91. The number of benzene rings is 2. The Bertz CT molecular complexity index is 1000. The molecule has 28 heavy (non-hydrogen) atoms. The number of nitrogens with zero attached hydrogens (tertiary/aromatic N) is 1. The zero-order chi connectivity index (χ0) is 19.5. The number of fused-ring (bicyclic) bond motifs is 1. The molecule has 1 aliphatic heterocycles. The number of hydrogen-bond acceptors (Lipinski definition) is 3. The highest BCUT2D eigenvalue weighted by molar-refractivity contribution is 7.09. The summed E-state index contributed by atoms with van der Waals surface area (Å²) >= 11 is 1.59. The fraction of sp³-hybridized carbons (Fsp3) is 0.143. The first-order valence-electron chi connectivity index (χ1n) is 8.82. The summed E-state index contributed by atoms with van der Waals surface area (Å²) in [6.45, 7) is 1.32. The van der Waals surface area contributed by atoms with Gasteiger partial charge in [0.25, 0.3) is 5.91 Å². The third kappa shape index (κ3) is 4.04. The van der Waals surface area contributed by atoms with Crippen molar-refractivity contribution in [2.24, 2.45) is 0 Å². The molecule has 2 heterocycles. The van der Waals surface area contributed by atoms with Crippen LogP contribution in [0.3, 0.4) is 0 Å². The SMILES string of the molecule is O=C(NCc1cccs1)c1ccc(NC(=O)N2Cc3ccc(F)cc3C2)cc1. The molecule has 7 heteroatoms. The third-order valence-electron chi connectivity index (χ3n) is 4.58. The molecule has 4 rings (SSSR count). The summed E-state index contributed by atoms with van der Waals surface area (Å²) in [6, 6.07) is 15.0. The Labute approximate surface area is 165 Å². The van der Waals surface area contributed by atoms with Crippen LogP contribution in [-0.2, 0) is 19.6 Å². The first kappa shape index (κ1) is 18.2. The number of anilines is 1. The van der Waals surface area contributed by atoms with E-state index < -0.39 is 0 Å². The Morgan fingerprint density at radius 2 is 1.82 bits per heavy atom. The van der Waals surface area contributed by atoms with E-state index in [4.69, 9.17) is 0 Å². The third-order valence-corrected chi connectivity index (χ3v) is 5.46. The molecule has 1 aromatic heterocycles. The summed E-state index contributed by atoms with van der Waals surface area (Å²) in [7, 11) is 0. The van der Waals surface area contributed by atoms with Gasteiger partial charge in [-0.15, -0.1) is 11.3 Å². The molecule has 0 bridgehead atoms. The molecule has 3 aromatic rings. The second-order valence-electron chi connectivity index (χ2n) is 6.54. The number of carbonyl (C=O) groups is 2. The molecule has 5 nitrogen and oxygen atoms in total. The highest BCUT2D eigenvalue weighted by Crippen LogP contribution is 2.24. The van der Waals surface area contributed by atoms with E-state index in [1.165, 1.54) is 12.1 Å². The van der Waals surface area contributed by atoms with Gasteiger partial charge in [0.2, 0.25) is 0 Å². The monoisotopic (exact) mass is 395 g/mol. The molecule has 0 saturated carbocycles. The van der Waals surface area contributed by atoms with Crippen LogP contribution in [0.4, 0.5) is 14.9 Å². The lowest BCUT2D eigenvalue weighted by Gasteiger charge is -2.16. The molecule has 0 radical (unpaired) electrons. The van der Waals surface area contributed by atoms with Gasteiger partial charge < -0.3 is 15.5 Å². The van der Waals surface area contributed by atoms with Crippen molar-refractivity contribution in [1.82, 2.24) is 10.2 Å². The maximum atomic E-state index is 13.3. The van der Waals surface area contributed by atoms with E-state index in [1.807, 2.05) is 17.5 Å². The number of carbonyl (C=O) groups excluding carboxylic acids is 2. The minimum Gasteiger partial charge on any atom is -0.347 e. The second-order valence-corrected chi connectivity index (χ2v) is 7.57. The molecule has 0 aliphatic carbocycles. The Balaban J connectivity index is 1.33. The maximum Gasteiger partial charge on any atom is 0.322 e. The van der Waals surface area contributed by atoms with Crippen molar-refractivity contribution in [2.75, 3.05) is 5.32 Å². The minimum atomic E-state index is -0.297. The molecule has 142 valence electrons. The van der Waals surface area contributed by atoms with Gasteiger partial charge in [0.05, 0.1) is 6.54 Å². The van der Waals surface area contributed by atoms with Crippen molar-refractivity contribution in [3.05, 3.63) is 87.4 Å². The lowest BCUT2D eigenvalue weighted by Crippen LogP contribution is -2.30. The minimum absolute atomic E-state index is 0.164. The van der Waals surface area contributed by atoms with Crippen LogP contribution in [0, 0.1) is 5.82 Å². The fourth-order valence-corrected chi connectivity index (χ4v) is 3.74. The smallest absolute Gasteiger partial charge is 0.322 e. The van der Waals surface area contributed by atoms with Gasteiger partial charge in [-0.3, -0.25) is 4.79 Å². The standard InChI is InChI=1S/C21H18FN3O2S/c22-17-6-3-15-12-25(13-16(15)10-17)21(27)24-18-7-4-14(5-8-18)20(26)23-11-19-2-1-9-28-19/h1-10H,11-13H2,(H,23,26)(H,24,27). The Hall–Kier alpha value is -3.19. The Morgan fingerprint density at radius 3 is 2.57 bits per heavy atom. The summed E-state index contributed by atoms with van der Waals surface area (Å²) < 4.78 is 13.3. The van der Waals surface area contributed by atoms with Gasteiger partial charge in [-0.1, -0.05) is 12.1 Å². The van der Waals surface area contributed by atoms with Crippen LogP contribution in [0.1, 0.15) is 26.4 Å². The van der Waals surface area contributed by atoms with Gasteiger partial charge in [-0.05, 0) is 59.0 Å². The number of nitrogens with one attached hydrogen (secondary N) is 2. The number of thiophene rings is 1. The molecule has 3 amide bonds. The first-order valence-corrected chi connectivity index (χ1v) is 9.70. The van der Waals surface area contributed by atoms with E-state index in [9.17, 15) is 14.0 Å². The topological polar surface area (TPSA) is 61.4 Å². The highest BCUT2D eigenvalue weighted by atomic mass is 32.1. The Morgan fingerprint density at radius 1 is 1.04 bits per heavy atom. The number of amides is 3. The van der Waals surface area contributed by atoms with Crippen LogP contribution >= 0.6 is 11.3 Å². The summed E-state index contributed by atoms with van der Waals surface area (Å²) in [4.78, 5) is 27.4. The van der Waals surface area contributed by atoms with E-state index in [0.29, 0.717) is 30.9 Å². The van der Waals surface area contributed by atoms with E-state index >= 15 is 0 Å². The van der Waals surface area contributed by atoms with Crippen molar-refractivity contribution in [3.8, 4) is 0 Å². The number of hydrogen-bond donors (Lipinski definition) is 2. The molecular formula is C21H18FN3O2S. The Kier molecular flexibility index (Phi) is 5.08. The normalized spacial score (nSPS) is 12.5. The fourth-order valence-electron chi connectivity index (χ4n) is 3.10. The number of urea groups is 1. The lowest BCUT2D eigenvalue weighted by molar-refractivity contribution is 0.0951. The molecule has 2 aromatic carbocycles. The summed E-state index contributed by atoms with van der Waals surface area (Å²) in [5.74, 6) is -0.461. The van der Waals surface area contributed by atoms with Crippen molar-refractivity contribution in [3.63, 3.8) is 0 Å². The molecule has 1 aliphatic rings. The molecule has 0 fully saturated rings. The van der Waals surface area contributed by atoms with Gasteiger partial charge in [0.15, 0.2) is 0 Å². The zero-order valence-electron chi connectivity index (χ0n) is 14.9. The zero-order valence-corrected chi connectivity index (χ0v) is 15.8. The molecule has 2 N–H and O–H groups in total. The van der Waals surface area contributed by atoms with Gasteiger partial charge in [-0.25, -0.2) is 9.18 Å². The predicted octanol–water partition coefficient (Wildman–Crippen LogP) is 4.36. The molecule has 0 atom stereocenters. The summed E-state index contributed by atoms with van der Waals surface area (Å²) in [6.07, 6.45) is 0. The van der Waals surface area contributed by atoms with Crippen LogP contribution in [0.2, 0.25) is 0 Å². The van der Waals surface area contributed by atoms with E-state index in [1.54, 1.807) is 46.6 Å². The van der Waals surface area contributed by atoms with E-state index in [0.717, 1.165) is 16.0 Å². The first-order chi connectivity index (χ1) is 13.6. The molecule has 0 unspecified atom stereocenters. The van der Waals surface area contributed by atoms with Crippen molar-refractivity contribution >= 4 is 29.0 Å². The van der Waals surface area contributed by atoms with Gasteiger partial charge in [-0.2, -0.15) is 0 Å². The van der Waals surface area contributed by atoms with Gasteiger partial charge in [0.1, 0.15) is 5.82 Å². The van der Waals surface area contributed by atoms with Crippen molar-refractivity contribution in [1.29, 1.82) is 0 Å². The van der Waals surface area contributed by atoms with Gasteiger partial charge in [0, 0.05) is 29.2 Å². The average Bonchev–Trinajstić information content (AvgIpc) is 3.36. The van der Waals surface area contributed by atoms with E-state index in [-0.39, 0.29) is 17.8 Å². The van der Waals surface area contributed by atoms with Crippen LogP contribution in [0.5, 0.6) is 0 Å². The van der Waals surface area contributed by atoms with Gasteiger partial charge >= 0.3 is 6.03 Å². The quantitative estimate of drug-likeness (QED) is 0.689. The molecule has 0 saturated heterocycles. The maximum absolute atomic E-state index is 13.3. The molecular weight excluding hydrogens is 377 g/mol. The summed E-state index contributed by atoms with van der Waals surface area (Å²) in [5, 5.41) is 7.65. The van der Waals surface area contributed by atoms with Crippen LogP contribution in [-0.4, -0.2) is 16.8 Å². The van der Waals surface area contributed by atoms with E-state index in [2.05, 4.69) is 10.6 Å². The number of rotatable bonds is 4. The largest absolute Gasteiger partial charge is 0.347 e. The van der Waals surface area contributed by atoms with Crippen LogP contribution < -0.4 is 10.6 Å². The lowest BCUT2D eigenvalue weighted by atomic mass is 10.1. The van der Waals surface area contributed by atoms with Crippen LogP contribution in [0.15, 0.2) is 60.0 Å². The average molecular weight is 395 g/mol. The number of halogens is 1. The highest BCUT2D eigenvalue weighted by Gasteiger charge is 2.23. The van der Waals surface area contributed by atoms with Crippen molar-refractivity contribution < 1.29 is 14.0 Å². The van der Waals surface area contributed by atoms with Crippen molar-refractivity contribution in [2.45, 2.75) is 19.6 Å².